The van der Waals surface area contributed by atoms with Crippen LogP contribution in [-0.4, -0.2) is 31.8 Å². The Bertz CT molecular complexity index is 421. The highest BCUT2D eigenvalue weighted by Gasteiger charge is 2.10. The molecule has 0 aromatic heterocycles. The third-order valence-corrected chi connectivity index (χ3v) is 2.60. The Hall–Kier alpha value is -1.59. The summed E-state index contributed by atoms with van der Waals surface area (Å²) in [4.78, 5) is 11.7. The highest BCUT2D eigenvalue weighted by atomic mass is 16.5. The van der Waals surface area contributed by atoms with Crippen molar-refractivity contribution >= 4 is 5.91 Å². The zero-order valence-corrected chi connectivity index (χ0v) is 12.4. The Kier molecular flexibility index (Phi) is 7.04. The minimum atomic E-state index is -0.152. The summed E-state index contributed by atoms with van der Waals surface area (Å²) in [7, 11) is 0. The number of hydrogen-bond donors (Lipinski definition) is 2. The lowest BCUT2D eigenvalue weighted by Crippen LogP contribution is -2.30. The molecule has 0 saturated carbocycles. The summed E-state index contributed by atoms with van der Waals surface area (Å²) in [6.07, 6.45) is 0.125. The maximum absolute atomic E-state index is 11.7. The minimum absolute atomic E-state index is 0.0315. The van der Waals surface area contributed by atoms with Gasteiger partial charge in [0.15, 0.2) is 0 Å². The zero-order chi connectivity index (χ0) is 15.0. The Balaban J connectivity index is 2.54. The lowest BCUT2D eigenvalue weighted by molar-refractivity contribution is -0.126. The number of hydrogen-bond acceptors (Lipinski definition) is 4. The summed E-state index contributed by atoms with van der Waals surface area (Å²) >= 11 is 0. The van der Waals surface area contributed by atoms with Crippen LogP contribution in [0, 0.1) is 0 Å². The Labute approximate surface area is 120 Å². The second kappa shape index (κ2) is 8.55. The van der Waals surface area contributed by atoms with Crippen LogP contribution in [0.15, 0.2) is 24.3 Å². The molecule has 3 N–H and O–H groups in total. The first-order chi connectivity index (χ1) is 9.52. The van der Waals surface area contributed by atoms with Crippen LogP contribution in [0.4, 0.5) is 0 Å². The zero-order valence-electron chi connectivity index (χ0n) is 12.4. The van der Waals surface area contributed by atoms with Crippen LogP contribution in [0.1, 0.15) is 32.4 Å². The van der Waals surface area contributed by atoms with Gasteiger partial charge in [0.1, 0.15) is 12.4 Å². The van der Waals surface area contributed by atoms with Crippen molar-refractivity contribution in [3.05, 3.63) is 29.8 Å². The molecule has 1 amide bonds. The first-order valence-corrected chi connectivity index (χ1v) is 6.86. The minimum Gasteiger partial charge on any atom is -0.491 e. The monoisotopic (exact) mass is 280 g/mol. The topological polar surface area (TPSA) is 73.6 Å². The van der Waals surface area contributed by atoms with E-state index in [9.17, 15) is 4.79 Å². The van der Waals surface area contributed by atoms with E-state index in [1.54, 1.807) is 0 Å². The van der Waals surface area contributed by atoms with E-state index in [1.165, 1.54) is 0 Å². The first kappa shape index (κ1) is 16.5. The molecular weight excluding hydrogens is 256 g/mol. The van der Waals surface area contributed by atoms with Gasteiger partial charge in [0.2, 0.25) is 5.91 Å². The molecule has 20 heavy (non-hydrogen) atoms. The molecule has 1 aromatic carbocycles. The van der Waals surface area contributed by atoms with Gasteiger partial charge in [0, 0.05) is 6.54 Å². The summed E-state index contributed by atoms with van der Waals surface area (Å²) in [6.45, 7) is 6.72. The van der Waals surface area contributed by atoms with E-state index in [2.05, 4.69) is 5.32 Å². The lowest BCUT2D eigenvalue weighted by Gasteiger charge is -2.16. The quantitative estimate of drug-likeness (QED) is 0.710. The van der Waals surface area contributed by atoms with Crippen LogP contribution in [0.5, 0.6) is 5.75 Å². The molecule has 0 fully saturated rings. The Morgan fingerprint density at radius 2 is 2.10 bits per heavy atom. The van der Waals surface area contributed by atoms with Gasteiger partial charge < -0.3 is 20.5 Å². The van der Waals surface area contributed by atoms with Crippen LogP contribution in [0.2, 0.25) is 0 Å². The molecule has 1 atom stereocenters. The van der Waals surface area contributed by atoms with E-state index in [4.69, 9.17) is 15.2 Å². The standard InChI is InChI=1S/C15H24N2O3/c1-11(2)20-14-6-4-5-13(9-14)12(3)17-15(18)10-19-8-7-16/h4-6,9,11-12H,7-8,10,16H2,1-3H3,(H,17,18). The molecule has 0 aliphatic rings. The van der Waals surface area contributed by atoms with Gasteiger partial charge in [-0.3, -0.25) is 4.79 Å². The van der Waals surface area contributed by atoms with Gasteiger partial charge in [-0.05, 0) is 38.5 Å². The fourth-order valence-corrected chi connectivity index (χ4v) is 1.74. The third-order valence-electron chi connectivity index (χ3n) is 2.60. The van der Waals surface area contributed by atoms with Crippen molar-refractivity contribution in [2.75, 3.05) is 19.8 Å². The maximum atomic E-state index is 11.7. The van der Waals surface area contributed by atoms with Gasteiger partial charge in [-0.15, -0.1) is 0 Å². The normalized spacial score (nSPS) is 12.2. The van der Waals surface area contributed by atoms with E-state index >= 15 is 0 Å². The van der Waals surface area contributed by atoms with E-state index in [0.717, 1.165) is 11.3 Å². The molecule has 112 valence electrons. The van der Waals surface area contributed by atoms with Crippen molar-refractivity contribution in [1.29, 1.82) is 0 Å². The van der Waals surface area contributed by atoms with Crippen molar-refractivity contribution in [3.8, 4) is 5.75 Å². The van der Waals surface area contributed by atoms with Gasteiger partial charge in [-0.1, -0.05) is 12.1 Å². The molecule has 0 bridgehead atoms. The van der Waals surface area contributed by atoms with Crippen molar-refractivity contribution in [3.63, 3.8) is 0 Å². The molecule has 0 saturated heterocycles. The number of rotatable bonds is 8. The Morgan fingerprint density at radius 1 is 1.35 bits per heavy atom. The molecule has 0 heterocycles. The van der Waals surface area contributed by atoms with Crippen LogP contribution < -0.4 is 15.8 Å². The van der Waals surface area contributed by atoms with Gasteiger partial charge in [0.05, 0.1) is 18.8 Å². The molecule has 5 nitrogen and oxygen atoms in total. The van der Waals surface area contributed by atoms with Gasteiger partial charge in [-0.2, -0.15) is 0 Å². The number of carbonyl (C=O) groups is 1. The second-order valence-electron chi connectivity index (χ2n) is 4.87. The number of amides is 1. The molecule has 0 radical (unpaired) electrons. The summed E-state index contributed by atoms with van der Waals surface area (Å²) in [5.41, 5.74) is 6.29. The van der Waals surface area contributed by atoms with Gasteiger partial charge >= 0.3 is 0 Å². The van der Waals surface area contributed by atoms with Crippen LogP contribution in [0.25, 0.3) is 0 Å². The molecule has 0 aliphatic heterocycles. The number of carbonyl (C=O) groups excluding carboxylic acids is 1. The van der Waals surface area contributed by atoms with Crippen LogP contribution in [0.3, 0.4) is 0 Å². The fraction of sp³-hybridized carbons (Fsp3) is 0.533. The highest BCUT2D eigenvalue weighted by Crippen LogP contribution is 2.19. The summed E-state index contributed by atoms with van der Waals surface area (Å²) in [6, 6.07) is 7.62. The largest absolute Gasteiger partial charge is 0.491 e. The average Bonchev–Trinajstić information content (AvgIpc) is 2.38. The molecule has 1 unspecified atom stereocenters. The maximum Gasteiger partial charge on any atom is 0.246 e. The fourth-order valence-electron chi connectivity index (χ4n) is 1.74. The van der Waals surface area contributed by atoms with Crippen molar-refractivity contribution in [2.45, 2.75) is 32.9 Å². The third kappa shape index (κ3) is 6.04. The van der Waals surface area contributed by atoms with E-state index in [-0.39, 0.29) is 24.7 Å². The average molecular weight is 280 g/mol. The molecule has 1 aromatic rings. The molecule has 1 rings (SSSR count). The van der Waals surface area contributed by atoms with Gasteiger partial charge in [0.25, 0.3) is 0 Å². The molecular formula is C15H24N2O3. The smallest absolute Gasteiger partial charge is 0.246 e. The molecule has 0 aliphatic carbocycles. The lowest BCUT2D eigenvalue weighted by atomic mass is 10.1. The van der Waals surface area contributed by atoms with Crippen molar-refractivity contribution in [2.24, 2.45) is 5.73 Å². The van der Waals surface area contributed by atoms with Crippen LogP contribution in [-0.2, 0) is 9.53 Å². The predicted molar refractivity (Wildman–Crippen MR) is 78.6 cm³/mol. The number of benzene rings is 1. The predicted octanol–water partition coefficient (Wildman–Crippen LogP) is 1.63. The summed E-state index contributed by atoms with van der Waals surface area (Å²) in [5.74, 6) is 0.652. The van der Waals surface area contributed by atoms with Crippen molar-refractivity contribution < 1.29 is 14.3 Å². The number of nitrogens with one attached hydrogen (secondary N) is 1. The van der Waals surface area contributed by atoms with Crippen LogP contribution >= 0.6 is 0 Å². The van der Waals surface area contributed by atoms with E-state index in [0.29, 0.717) is 13.2 Å². The molecule has 5 heteroatoms. The summed E-state index contributed by atoms with van der Waals surface area (Å²) < 4.78 is 10.7. The second-order valence-corrected chi connectivity index (χ2v) is 4.87. The van der Waals surface area contributed by atoms with E-state index in [1.807, 2.05) is 45.0 Å². The number of ether oxygens (including phenoxy) is 2. The SMILES string of the molecule is CC(C)Oc1cccc(C(C)NC(=O)COCCN)c1. The highest BCUT2D eigenvalue weighted by molar-refractivity contribution is 5.77. The summed E-state index contributed by atoms with van der Waals surface area (Å²) in [5, 5.41) is 2.88. The number of nitrogens with two attached hydrogens (primary N) is 1. The first-order valence-electron chi connectivity index (χ1n) is 6.86. The van der Waals surface area contributed by atoms with E-state index < -0.39 is 0 Å². The Morgan fingerprint density at radius 3 is 2.75 bits per heavy atom. The van der Waals surface area contributed by atoms with Gasteiger partial charge in [-0.25, -0.2) is 0 Å². The van der Waals surface area contributed by atoms with Crippen molar-refractivity contribution in [1.82, 2.24) is 5.32 Å². The molecule has 0 spiro atoms.